The number of hydrogen-bond acceptors (Lipinski definition) is 1. The topological polar surface area (TPSA) is 12.9 Å². The Labute approximate surface area is 83.0 Å². The van der Waals surface area contributed by atoms with Gasteiger partial charge in [-0.2, -0.15) is 0 Å². The largest absolute Gasteiger partial charge is 0.244 e. The summed E-state index contributed by atoms with van der Waals surface area (Å²) < 4.78 is 0. The van der Waals surface area contributed by atoms with E-state index in [2.05, 4.69) is 23.9 Å². The minimum absolute atomic E-state index is 0.583. The first-order valence-electron chi connectivity index (χ1n) is 4.34. The predicted molar refractivity (Wildman–Crippen MR) is 59.4 cm³/mol. The molecule has 0 spiro atoms. The second-order valence-electron chi connectivity index (χ2n) is 3.01. The second kappa shape index (κ2) is 3.39. The van der Waals surface area contributed by atoms with Crippen LogP contribution in [-0.4, -0.2) is 12.3 Å². The van der Waals surface area contributed by atoms with Crippen molar-refractivity contribution in [3.63, 3.8) is 0 Å². The maximum Gasteiger partial charge on any atom is 0.154 e. The van der Waals surface area contributed by atoms with Crippen LogP contribution >= 0.6 is 11.6 Å². The maximum atomic E-state index is 5.94. The molecule has 1 nitrogen and oxygen atoms in total. The molecule has 64 valence electrons. The summed E-state index contributed by atoms with van der Waals surface area (Å²) in [5.74, 6) is 0. The highest BCUT2D eigenvalue weighted by molar-refractivity contribution is 6.52. The zero-order valence-corrected chi connectivity index (χ0v) is 8.17. The normalized spacial score (nSPS) is 10.3. The Hall–Kier alpha value is -1.02. The molecular formula is C10H9BClN. The standard InChI is InChI=1S/C10H9BClN/c1-11-8-2-3-9-7(6-8)4-5-13-10(9)12/h2-6,11H,1H3. The molecule has 13 heavy (non-hydrogen) atoms. The third-order valence-corrected chi connectivity index (χ3v) is 2.49. The van der Waals surface area contributed by atoms with E-state index in [4.69, 9.17) is 11.6 Å². The van der Waals surface area contributed by atoms with Crippen molar-refractivity contribution in [3.8, 4) is 0 Å². The van der Waals surface area contributed by atoms with E-state index in [0.717, 1.165) is 12.7 Å². The fourth-order valence-electron chi connectivity index (χ4n) is 1.41. The van der Waals surface area contributed by atoms with Crippen LogP contribution in [0.4, 0.5) is 0 Å². The van der Waals surface area contributed by atoms with Crippen LogP contribution in [0, 0.1) is 0 Å². The van der Waals surface area contributed by atoms with Gasteiger partial charge < -0.3 is 0 Å². The molecule has 0 saturated carbocycles. The van der Waals surface area contributed by atoms with Gasteiger partial charge in [-0.1, -0.05) is 42.1 Å². The van der Waals surface area contributed by atoms with Crippen LogP contribution in [0.15, 0.2) is 30.5 Å². The van der Waals surface area contributed by atoms with Gasteiger partial charge >= 0.3 is 0 Å². The second-order valence-corrected chi connectivity index (χ2v) is 3.37. The zero-order chi connectivity index (χ0) is 9.26. The molecular weight excluding hydrogens is 180 g/mol. The van der Waals surface area contributed by atoms with Crippen LogP contribution in [0.25, 0.3) is 10.8 Å². The molecule has 3 heteroatoms. The number of pyridine rings is 1. The summed E-state index contributed by atoms with van der Waals surface area (Å²) in [5.41, 5.74) is 1.33. The predicted octanol–water partition coefficient (Wildman–Crippen LogP) is 2.00. The molecule has 0 amide bonds. The van der Waals surface area contributed by atoms with Crippen molar-refractivity contribution >= 4 is 35.1 Å². The molecule has 0 saturated heterocycles. The molecule has 2 rings (SSSR count). The van der Waals surface area contributed by atoms with Crippen LogP contribution in [0.2, 0.25) is 12.0 Å². The van der Waals surface area contributed by atoms with E-state index in [-0.39, 0.29) is 0 Å². The highest BCUT2D eigenvalue weighted by Crippen LogP contribution is 2.18. The summed E-state index contributed by atoms with van der Waals surface area (Å²) in [6.45, 7) is 2.14. The molecule has 0 aliphatic heterocycles. The molecule has 1 heterocycles. The molecule has 0 bridgehead atoms. The lowest BCUT2D eigenvalue weighted by atomic mass is 9.73. The van der Waals surface area contributed by atoms with Gasteiger partial charge in [-0.25, -0.2) is 4.98 Å². The van der Waals surface area contributed by atoms with E-state index in [1.54, 1.807) is 6.20 Å². The van der Waals surface area contributed by atoms with Crippen molar-refractivity contribution in [2.24, 2.45) is 0 Å². The number of nitrogens with zero attached hydrogens (tertiary/aromatic N) is 1. The number of aromatic nitrogens is 1. The van der Waals surface area contributed by atoms with E-state index < -0.39 is 0 Å². The summed E-state index contributed by atoms with van der Waals surface area (Å²) in [5, 5.41) is 2.78. The Balaban J connectivity index is 2.72. The van der Waals surface area contributed by atoms with Crippen LogP contribution in [-0.2, 0) is 0 Å². The summed E-state index contributed by atoms with van der Waals surface area (Å²) in [6.07, 6.45) is 1.74. The number of halogens is 1. The van der Waals surface area contributed by atoms with Crippen molar-refractivity contribution in [3.05, 3.63) is 35.6 Å². The molecule has 0 radical (unpaired) electrons. The minimum atomic E-state index is 0.583. The van der Waals surface area contributed by atoms with Gasteiger partial charge in [-0.15, -0.1) is 0 Å². The summed E-state index contributed by atoms with van der Waals surface area (Å²) in [7, 11) is 1.05. The Morgan fingerprint density at radius 1 is 1.31 bits per heavy atom. The molecule has 0 fully saturated rings. The highest BCUT2D eigenvalue weighted by atomic mass is 35.5. The third kappa shape index (κ3) is 1.54. The molecule has 1 aromatic heterocycles. The molecule has 0 N–H and O–H groups in total. The van der Waals surface area contributed by atoms with Crippen LogP contribution in [0.1, 0.15) is 0 Å². The van der Waals surface area contributed by atoms with Gasteiger partial charge in [0.2, 0.25) is 0 Å². The quantitative estimate of drug-likeness (QED) is 0.494. The molecule has 2 aromatic rings. The van der Waals surface area contributed by atoms with Gasteiger partial charge in [-0.3, -0.25) is 0 Å². The lowest BCUT2D eigenvalue weighted by Gasteiger charge is -2.01. The first kappa shape index (κ1) is 8.58. The van der Waals surface area contributed by atoms with Crippen molar-refractivity contribution in [2.45, 2.75) is 6.82 Å². The zero-order valence-electron chi connectivity index (χ0n) is 7.42. The maximum absolute atomic E-state index is 5.94. The monoisotopic (exact) mass is 189 g/mol. The molecule has 0 aliphatic carbocycles. The lowest BCUT2D eigenvalue weighted by molar-refractivity contribution is 1.36. The van der Waals surface area contributed by atoms with Gasteiger partial charge in [0.05, 0.1) is 0 Å². The van der Waals surface area contributed by atoms with E-state index in [1.165, 1.54) is 10.8 Å². The summed E-state index contributed by atoms with van der Waals surface area (Å²) in [4.78, 5) is 4.03. The minimum Gasteiger partial charge on any atom is -0.244 e. The number of benzene rings is 1. The molecule has 0 aliphatic rings. The number of fused-ring (bicyclic) bond motifs is 1. The van der Waals surface area contributed by atoms with Crippen molar-refractivity contribution in [1.82, 2.24) is 4.98 Å². The van der Waals surface area contributed by atoms with Crippen molar-refractivity contribution in [1.29, 1.82) is 0 Å². The van der Waals surface area contributed by atoms with Crippen LogP contribution in [0.5, 0.6) is 0 Å². The summed E-state index contributed by atoms with van der Waals surface area (Å²) >= 11 is 5.94. The van der Waals surface area contributed by atoms with Gasteiger partial charge in [0.25, 0.3) is 0 Å². The first-order chi connectivity index (χ1) is 6.31. The van der Waals surface area contributed by atoms with Crippen LogP contribution in [0.3, 0.4) is 0 Å². The van der Waals surface area contributed by atoms with Gasteiger partial charge in [0.1, 0.15) is 5.15 Å². The number of rotatable bonds is 1. The molecule has 0 atom stereocenters. The average molecular weight is 189 g/mol. The Morgan fingerprint density at radius 2 is 2.15 bits per heavy atom. The Morgan fingerprint density at radius 3 is 2.92 bits per heavy atom. The van der Waals surface area contributed by atoms with Crippen LogP contribution < -0.4 is 5.46 Å². The van der Waals surface area contributed by atoms with Crippen molar-refractivity contribution < 1.29 is 0 Å². The van der Waals surface area contributed by atoms with Gasteiger partial charge in [0, 0.05) is 11.6 Å². The molecule has 0 unspecified atom stereocenters. The fourth-order valence-corrected chi connectivity index (χ4v) is 1.64. The SMILES string of the molecule is CBc1ccc2c(Cl)nccc2c1. The van der Waals surface area contributed by atoms with Gasteiger partial charge in [0.15, 0.2) is 7.28 Å². The van der Waals surface area contributed by atoms with E-state index in [0.29, 0.717) is 5.15 Å². The highest BCUT2D eigenvalue weighted by Gasteiger charge is 1.99. The van der Waals surface area contributed by atoms with Gasteiger partial charge in [-0.05, 0) is 11.5 Å². The van der Waals surface area contributed by atoms with E-state index in [9.17, 15) is 0 Å². The van der Waals surface area contributed by atoms with E-state index in [1.807, 2.05) is 12.1 Å². The summed E-state index contributed by atoms with van der Waals surface area (Å²) in [6, 6.07) is 8.27. The van der Waals surface area contributed by atoms with Crippen molar-refractivity contribution in [2.75, 3.05) is 0 Å². The Kier molecular flexibility index (Phi) is 2.23. The lowest BCUT2D eigenvalue weighted by Crippen LogP contribution is -2.08. The Bertz CT molecular complexity index is 442. The van der Waals surface area contributed by atoms with E-state index >= 15 is 0 Å². The smallest absolute Gasteiger partial charge is 0.154 e. The first-order valence-corrected chi connectivity index (χ1v) is 4.72. The molecule has 1 aromatic carbocycles. The average Bonchev–Trinajstić information content (AvgIpc) is 2.18. The third-order valence-electron chi connectivity index (χ3n) is 2.19. The number of hydrogen-bond donors (Lipinski definition) is 0. The fraction of sp³-hybridized carbons (Fsp3) is 0.100.